The van der Waals surface area contributed by atoms with Crippen molar-refractivity contribution in [3.05, 3.63) is 40.3 Å². The molecule has 25 heavy (non-hydrogen) atoms. The van der Waals surface area contributed by atoms with Crippen LogP contribution in [-0.2, 0) is 9.59 Å². The van der Waals surface area contributed by atoms with E-state index in [4.69, 9.17) is 5.73 Å². The number of benzene rings is 1. The van der Waals surface area contributed by atoms with E-state index < -0.39 is 0 Å². The van der Waals surface area contributed by atoms with Crippen LogP contribution in [0.25, 0.3) is 6.08 Å². The number of amides is 2. The zero-order chi connectivity index (χ0) is 18.0. The Morgan fingerprint density at radius 2 is 1.92 bits per heavy atom. The van der Waals surface area contributed by atoms with E-state index in [0.717, 1.165) is 23.6 Å². The maximum Gasteiger partial charge on any atom is 0.286 e. The standard InChI is InChI=1S/C19H23N3O2S/c1-12(2)14-5-3-13(4-6-14)11-16-18(24)21-19(25-16)22-9-7-15(8-10-22)17(20)23/h3-6,11-12,15H,7-10H2,1-2H3,(H2,20,23)/b16-11-. The molecule has 5 nitrogen and oxygen atoms in total. The number of carbonyl (C=O) groups excluding carboxylic acids is 2. The molecule has 0 spiro atoms. The Labute approximate surface area is 152 Å². The second-order valence-electron chi connectivity index (χ2n) is 6.80. The molecule has 2 aliphatic rings. The summed E-state index contributed by atoms with van der Waals surface area (Å²) in [4.78, 5) is 30.4. The van der Waals surface area contributed by atoms with Crippen LogP contribution in [0.1, 0.15) is 43.7 Å². The smallest absolute Gasteiger partial charge is 0.286 e. The molecular weight excluding hydrogens is 334 g/mol. The third-order valence-electron chi connectivity index (χ3n) is 4.68. The molecule has 0 radical (unpaired) electrons. The molecule has 1 fully saturated rings. The molecule has 0 aromatic heterocycles. The van der Waals surface area contributed by atoms with Gasteiger partial charge in [0.2, 0.25) is 5.91 Å². The summed E-state index contributed by atoms with van der Waals surface area (Å²) in [5.74, 6) is 0.00280. The van der Waals surface area contributed by atoms with Crippen LogP contribution in [-0.4, -0.2) is 35.0 Å². The number of thioether (sulfide) groups is 1. The van der Waals surface area contributed by atoms with Gasteiger partial charge in [0.05, 0.1) is 4.91 Å². The number of likely N-dealkylation sites (tertiary alicyclic amines) is 1. The SMILES string of the molecule is CC(C)c1ccc(/C=C2\SC(N3CCC(C(N)=O)CC3)=NC2=O)cc1. The molecule has 0 atom stereocenters. The summed E-state index contributed by atoms with van der Waals surface area (Å²) in [7, 11) is 0. The van der Waals surface area contributed by atoms with E-state index in [1.54, 1.807) is 0 Å². The van der Waals surface area contributed by atoms with Crippen LogP contribution in [0, 0.1) is 5.92 Å². The van der Waals surface area contributed by atoms with E-state index in [1.165, 1.54) is 17.3 Å². The van der Waals surface area contributed by atoms with Crippen molar-refractivity contribution in [2.75, 3.05) is 13.1 Å². The topological polar surface area (TPSA) is 75.8 Å². The number of amidine groups is 1. The largest absolute Gasteiger partial charge is 0.369 e. The number of nitrogens with two attached hydrogens (primary N) is 1. The summed E-state index contributed by atoms with van der Waals surface area (Å²) in [6.45, 7) is 5.74. The lowest BCUT2D eigenvalue weighted by molar-refractivity contribution is -0.123. The van der Waals surface area contributed by atoms with E-state index in [1.807, 2.05) is 18.2 Å². The Morgan fingerprint density at radius 3 is 2.48 bits per heavy atom. The highest BCUT2D eigenvalue weighted by atomic mass is 32.2. The van der Waals surface area contributed by atoms with Crippen LogP contribution in [0.5, 0.6) is 0 Å². The van der Waals surface area contributed by atoms with Crippen molar-refractivity contribution >= 4 is 34.8 Å². The third kappa shape index (κ3) is 4.12. The monoisotopic (exact) mass is 357 g/mol. The number of piperidine rings is 1. The molecule has 1 saturated heterocycles. The summed E-state index contributed by atoms with van der Waals surface area (Å²) in [6, 6.07) is 8.26. The van der Waals surface area contributed by atoms with Crippen molar-refractivity contribution in [2.24, 2.45) is 16.6 Å². The first kappa shape index (κ1) is 17.7. The van der Waals surface area contributed by atoms with E-state index in [2.05, 4.69) is 35.9 Å². The summed E-state index contributed by atoms with van der Waals surface area (Å²) < 4.78 is 0. The number of hydrogen-bond donors (Lipinski definition) is 1. The number of aliphatic imine (C=N–C) groups is 1. The number of hydrogen-bond acceptors (Lipinski definition) is 4. The molecule has 2 N–H and O–H groups in total. The molecule has 132 valence electrons. The molecule has 0 saturated carbocycles. The van der Waals surface area contributed by atoms with E-state index >= 15 is 0 Å². The van der Waals surface area contributed by atoms with Crippen LogP contribution < -0.4 is 5.73 Å². The predicted octanol–water partition coefficient (Wildman–Crippen LogP) is 2.98. The normalized spacial score (nSPS) is 20.4. The van der Waals surface area contributed by atoms with Crippen molar-refractivity contribution in [2.45, 2.75) is 32.6 Å². The minimum Gasteiger partial charge on any atom is -0.369 e. The van der Waals surface area contributed by atoms with Crippen molar-refractivity contribution < 1.29 is 9.59 Å². The van der Waals surface area contributed by atoms with E-state index in [-0.39, 0.29) is 17.7 Å². The van der Waals surface area contributed by atoms with Crippen LogP contribution in [0.15, 0.2) is 34.2 Å². The predicted molar refractivity (Wildman–Crippen MR) is 102 cm³/mol. The Bertz CT molecular complexity index is 730. The molecule has 2 aliphatic heterocycles. The van der Waals surface area contributed by atoms with Crippen molar-refractivity contribution in [1.29, 1.82) is 0 Å². The van der Waals surface area contributed by atoms with Crippen LogP contribution in [0.2, 0.25) is 0 Å². The Hall–Kier alpha value is -2.08. The highest BCUT2D eigenvalue weighted by molar-refractivity contribution is 8.18. The van der Waals surface area contributed by atoms with Gasteiger partial charge in [-0.15, -0.1) is 0 Å². The molecule has 0 bridgehead atoms. The second kappa shape index (κ2) is 7.44. The second-order valence-corrected chi connectivity index (χ2v) is 7.80. The van der Waals surface area contributed by atoms with Gasteiger partial charge in [-0.1, -0.05) is 38.1 Å². The van der Waals surface area contributed by atoms with Crippen LogP contribution in [0.4, 0.5) is 0 Å². The van der Waals surface area contributed by atoms with Gasteiger partial charge >= 0.3 is 0 Å². The molecular formula is C19H23N3O2S. The highest BCUT2D eigenvalue weighted by Gasteiger charge is 2.30. The van der Waals surface area contributed by atoms with Gasteiger partial charge in [0.25, 0.3) is 5.91 Å². The van der Waals surface area contributed by atoms with Crippen molar-refractivity contribution in [3.8, 4) is 0 Å². The zero-order valence-corrected chi connectivity index (χ0v) is 15.4. The van der Waals surface area contributed by atoms with E-state index in [0.29, 0.717) is 23.9 Å². The fourth-order valence-electron chi connectivity index (χ4n) is 3.02. The van der Waals surface area contributed by atoms with Crippen molar-refractivity contribution in [3.63, 3.8) is 0 Å². The van der Waals surface area contributed by atoms with Gasteiger partial charge in [0.1, 0.15) is 0 Å². The highest BCUT2D eigenvalue weighted by Crippen LogP contribution is 2.32. The molecule has 6 heteroatoms. The zero-order valence-electron chi connectivity index (χ0n) is 14.6. The van der Waals surface area contributed by atoms with Gasteiger partial charge in [-0.3, -0.25) is 9.59 Å². The number of primary amides is 1. The lowest BCUT2D eigenvalue weighted by Crippen LogP contribution is -2.40. The summed E-state index contributed by atoms with van der Waals surface area (Å²) >= 11 is 1.41. The summed E-state index contributed by atoms with van der Waals surface area (Å²) in [5, 5.41) is 0.734. The maximum absolute atomic E-state index is 12.2. The first-order valence-electron chi connectivity index (χ1n) is 8.61. The summed E-state index contributed by atoms with van der Waals surface area (Å²) in [6.07, 6.45) is 3.33. The quantitative estimate of drug-likeness (QED) is 0.844. The van der Waals surface area contributed by atoms with Gasteiger partial charge in [-0.2, -0.15) is 4.99 Å². The van der Waals surface area contributed by atoms with Gasteiger partial charge in [0.15, 0.2) is 5.17 Å². The fraction of sp³-hybridized carbons (Fsp3) is 0.421. The van der Waals surface area contributed by atoms with Crippen LogP contribution >= 0.6 is 11.8 Å². The first-order valence-corrected chi connectivity index (χ1v) is 9.42. The fourth-order valence-corrected chi connectivity index (χ4v) is 3.98. The Balaban J connectivity index is 1.65. The van der Waals surface area contributed by atoms with Gasteiger partial charge in [0, 0.05) is 19.0 Å². The van der Waals surface area contributed by atoms with Crippen LogP contribution in [0.3, 0.4) is 0 Å². The van der Waals surface area contributed by atoms with Gasteiger partial charge in [-0.25, -0.2) is 0 Å². The number of carbonyl (C=O) groups is 2. The maximum atomic E-state index is 12.2. The van der Waals surface area contributed by atoms with Gasteiger partial charge in [-0.05, 0) is 47.7 Å². The Morgan fingerprint density at radius 1 is 1.28 bits per heavy atom. The molecule has 0 unspecified atom stereocenters. The molecule has 2 heterocycles. The molecule has 3 rings (SSSR count). The minimum absolute atomic E-state index is 0.0616. The molecule has 1 aromatic rings. The third-order valence-corrected chi connectivity index (χ3v) is 5.72. The van der Waals surface area contributed by atoms with Crippen molar-refractivity contribution in [1.82, 2.24) is 4.90 Å². The lowest BCUT2D eigenvalue weighted by Gasteiger charge is -2.31. The first-order chi connectivity index (χ1) is 11.9. The Kier molecular flexibility index (Phi) is 5.27. The average Bonchev–Trinajstić information content (AvgIpc) is 2.96. The molecule has 2 amide bonds. The molecule has 1 aromatic carbocycles. The lowest BCUT2D eigenvalue weighted by atomic mass is 9.97. The molecule has 0 aliphatic carbocycles. The average molecular weight is 357 g/mol. The number of nitrogens with zero attached hydrogens (tertiary/aromatic N) is 2. The summed E-state index contributed by atoms with van der Waals surface area (Å²) in [5.41, 5.74) is 7.65. The van der Waals surface area contributed by atoms with Gasteiger partial charge < -0.3 is 10.6 Å². The number of rotatable bonds is 3. The van der Waals surface area contributed by atoms with E-state index in [9.17, 15) is 9.59 Å². The minimum atomic E-state index is -0.234.